The number of aryl methyl sites for hydroxylation is 1. The maximum atomic E-state index is 3.99. The van der Waals surface area contributed by atoms with Gasteiger partial charge in [0.2, 0.25) is 0 Å². The van der Waals surface area contributed by atoms with Crippen LogP contribution < -0.4 is 0 Å². The van der Waals surface area contributed by atoms with E-state index in [1.165, 1.54) is 0 Å². The van der Waals surface area contributed by atoms with Gasteiger partial charge in [0.25, 0.3) is 0 Å². The van der Waals surface area contributed by atoms with E-state index in [4.69, 9.17) is 0 Å². The van der Waals surface area contributed by atoms with E-state index < -0.39 is 0 Å². The fourth-order valence-electron chi connectivity index (χ4n) is 0.847. The van der Waals surface area contributed by atoms with E-state index in [2.05, 4.69) is 28.5 Å². The highest BCUT2D eigenvalue weighted by Crippen LogP contribution is 2.13. The Morgan fingerprint density at radius 1 is 1.67 bits per heavy atom. The molecule has 4 heteroatoms. The van der Waals surface area contributed by atoms with Crippen LogP contribution in [-0.4, -0.2) is 23.2 Å². The van der Waals surface area contributed by atoms with E-state index in [0.717, 1.165) is 5.56 Å². The predicted octanol–water partition coefficient (Wildman–Crippen LogP) is 1.12. The number of hydrogen-bond donors (Lipinski definition) is 0. The van der Waals surface area contributed by atoms with Crippen LogP contribution in [0.5, 0.6) is 0 Å². The monoisotopic (exact) mass is 162 g/mol. The molecule has 0 spiro atoms. The molecule has 0 amide bonds. The molecule has 0 saturated carbocycles. The summed E-state index contributed by atoms with van der Waals surface area (Å²) >= 11 is 0. The van der Waals surface area contributed by atoms with Crippen LogP contribution in [0.3, 0.4) is 0 Å². The van der Waals surface area contributed by atoms with Crippen molar-refractivity contribution in [1.29, 1.82) is 0 Å². The highest BCUT2D eigenvalue weighted by Gasteiger charge is 1.99. The second-order valence-corrected chi connectivity index (χ2v) is 2.26. The Morgan fingerprint density at radius 3 is 2.83 bits per heavy atom. The van der Waals surface area contributed by atoms with Crippen LogP contribution >= 0.6 is 0 Å². The Labute approximate surface area is 71.0 Å². The van der Waals surface area contributed by atoms with Gasteiger partial charge in [-0.15, -0.1) is 0 Å². The minimum absolute atomic E-state index is 0.679. The highest BCUT2D eigenvalue weighted by atomic mass is 15.2. The van der Waals surface area contributed by atoms with Crippen LogP contribution in [0.1, 0.15) is 5.56 Å². The molecule has 1 aromatic heterocycles. The lowest BCUT2D eigenvalue weighted by molar-refractivity contribution is 0.767. The lowest BCUT2D eigenvalue weighted by Gasteiger charge is -1.92. The van der Waals surface area contributed by atoms with Gasteiger partial charge in [0.05, 0.1) is 18.1 Å². The Balaban J connectivity index is 3.02. The van der Waals surface area contributed by atoms with Gasteiger partial charge in [-0.2, -0.15) is 5.10 Å². The van der Waals surface area contributed by atoms with E-state index in [-0.39, 0.29) is 0 Å². The van der Waals surface area contributed by atoms with E-state index in [9.17, 15) is 0 Å². The third kappa shape index (κ3) is 1.66. The molecular formula is C8H10N4. The average molecular weight is 162 g/mol. The first-order valence-corrected chi connectivity index (χ1v) is 3.39. The molecule has 4 nitrogen and oxygen atoms in total. The largest absolute Gasteiger partial charge is 0.275 e. The lowest BCUT2D eigenvalue weighted by Crippen LogP contribution is -1.84. The van der Waals surface area contributed by atoms with Gasteiger partial charge in [-0.25, -0.2) is 0 Å². The summed E-state index contributed by atoms with van der Waals surface area (Å²) < 4.78 is 1.69. The molecule has 62 valence electrons. The normalized spacial score (nSPS) is 11.2. The van der Waals surface area contributed by atoms with Crippen molar-refractivity contribution in [2.45, 2.75) is 0 Å². The number of nitrogens with zero attached hydrogens (tertiary/aromatic N) is 4. The molecule has 1 rings (SSSR count). The number of rotatable bonds is 3. The summed E-state index contributed by atoms with van der Waals surface area (Å²) in [4.78, 5) is 7.40. The van der Waals surface area contributed by atoms with Gasteiger partial charge >= 0.3 is 0 Å². The molecule has 0 atom stereocenters. The SMILES string of the molecule is C=NC=C(N=C)c1cnn(C)c1. The Kier molecular flexibility index (Phi) is 2.53. The first-order chi connectivity index (χ1) is 5.77. The third-order valence-electron chi connectivity index (χ3n) is 1.38. The number of aromatic nitrogens is 2. The molecule has 0 aliphatic carbocycles. The fourth-order valence-corrected chi connectivity index (χ4v) is 0.847. The number of aliphatic imine (C=N–C) groups is 2. The molecule has 12 heavy (non-hydrogen) atoms. The third-order valence-corrected chi connectivity index (χ3v) is 1.38. The molecule has 0 aliphatic heterocycles. The van der Waals surface area contributed by atoms with Crippen molar-refractivity contribution in [3.63, 3.8) is 0 Å². The maximum absolute atomic E-state index is 3.99. The summed E-state index contributed by atoms with van der Waals surface area (Å²) in [6, 6.07) is 0. The van der Waals surface area contributed by atoms with Crippen molar-refractivity contribution in [1.82, 2.24) is 9.78 Å². The summed E-state index contributed by atoms with van der Waals surface area (Å²) in [5, 5.41) is 3.99. The molecule has 0 unspecified atom stereocenters. The second-order valence-electron chi connectivity index (χ2n) is 2.26. The van der Waals surface area contributed by atoms with Gasteiger partial charge in [0.15, 0.2) is 0 Å². The van der Waals surface area contributed by atoms with Gasteiger partial charge in [-0.05, 0) is 13.4 Å². The molecule has 0 bridgehead atoms. The van der Waals surface area contributed by atoms with Crippen molar-refractivity contribution in [2.75, 3.05) is 0 Å². The topological polar surface area (TPSA) is 42.5 Å². The van der Waals surface area contributed by atoms with E-state index in [0.29, 0.717) is 5.70 Å². The van der Waals surface area contributed by atoms with Crippen molar-refractivity contribution < 1.29 is 0 Å². The van der Waals surface area contributed by atoms with E-state index in [1.807, 2.05) is 13.2 Å². The molecule has 0 aromatic carbocycles. The lowest BCUT2D eigenvalue weighted by atomic mass is 10.3. The standard InChI is InChI=1S/C8H10N4/c1-9-5-8(10-2)7-4-11-12(3)6-7/h4-6H,1-2H2,3H3. The highest BCUT2D eigenvalue weighted by molar-refractivity contribution is 5.67. The summed E-state index contributed by atoms with van der Waals surface area (Å²) in [6.07, 6.45) is 5.08. The minimum atomic E-state index is 0.679. The average Bonchev–Trinajstić information content (AvgIpc) is 2.47. The minimum Gasteiger partial charge on any atom is -0.275 e. The van der Waals surface area contributed by atoms with Crippen molar-refractivity contribution >= 4 is 19.1 Å². The van der Waals surface area contributed by atoms with Crippen LogP contribution in [0, 0.1) is 0 Å². The van der Waals surface area contributed by atoms with E-state index >= 15 is 0 Å². The predicted molar refractivity (Wildman–Crippen MR) is 50.3 cm³/mol. The smallest absolute Gasteiger partial charge is 0.0908 e. The second kappa shape index (κ2) is 3.61. The Hall–Kier alpha value is -1.71. The van der Waals surface area contributed by atoms with Crippen molar-refractivity contribution in [3.05, 3.63) is 24.2 Å². The van der Waals surface area contributed by atoms with Crippen molar-refractivity contribution in [3.8, 4) is 0 Å². The van der Waals surface area contributed by atoms with Gasteiger partial charge < -0.3 is 0 Å². The number of hydrogen-bond acceptors (Lipinski definition) is 3. The van der Waals surface area contributed by atoms with Crippen molar-refractivity contribution in [2.24, 2.45) is 17.0 Å². The summed E-state index contributed by atoms with van der Waals surface area (Å²) in [6.45, 7) is 6.76. The first-order valence-electron chi connectivity index (χ1n) is 3.39. The van der Waals surface area contributed by atoms with Crippen LogP contribution in [0.2, 0.25) is 0 Å². The van der Waals surface area contributed by atoms with Gasteiger partial charge in [0, 0.05) is 18.8 Å². The Bertz CT molecular complexity index is 322. The van der Waals surface area contributed by atoms with Crippen LogP contribution in [-0.2, 0) is 7.05 Å². The van der Waals surface area contributed by atoms with Crippen LogP contribution in [0.25, 0.3) is 5.70 Å². The van der Waals surface area contributed by atoms with Gasteiger partial charge in [-0.1, -0.05) is 0 Å². The molecule has 0 N–H and O–H groups in total. The zero-order valence-electron chi connectivity index (χ0n) is 6.94. The Morgan fingerprint density at radius 2 is 2.42 bits per heavy atom. The quantitative estimate of drug-likeness (QED) is 0.614. The zero-order chi connectivity index (χ0) is 8.97. The molecule has 1 aromatic rings. The maximum Gasteiger partial charge on any atom is 0.0908 e. The summed E-state index contributed by atoms with van der Waals surface area (Å²) in [7, 11) is 1.84. The van der Waals surface area contributed by atoms with Crippen LogP contribution in [0.4, 0.5) is 0 Å². The molecule has 1 heterocycles. The van der Waals surface area contributed by atoms with Gasteiger partial charge in [0.1, 0.15) is 0 Å². The molecule has 0 fully saturated rings. The zero-order valence-corrected chi connectivity index (χ0v) is 6.94. The molecule has 0 aliphatic rings. The van der Waals surface area contributed by atoms with Gasteiger partial charge in [-0.3, -0.25) is 14.7 Å². The van der Waals surface area contributed by atoms with E-state index in [1.54, 1.807) is 17.1 Å². The van der Waals surface area contributed by atoms with Crippen LogP contribution in [0.15, 0.2) is 28.6 Å². The fraction of sp³-hybridized carbons (Fsp3) is 0.125. The first kappa shape index (κ1) is 8.39. The molecular weight excluding hydrogens is 152 g/mol. The summed E-state index contributed by atoms with van der Waals surface area (Å²) in [5.41, 5.74) is 1.57. The summed E-state index contributed by atoms with van der Waals surface area (Å²) in [5.74, 6) is 0. The molecule has 0 radical (unpaired) electrons. The molecule has 0 saturated heterocycles.